The number of anilines is 1. The molecule has 1 atom stereocenters. The molecule has 2 aliphatic rings. The van der Waals surface area contributed by atoms with Crippen LogP contribution in [0.15, 0.2) is 11.8 Å². The summed E-state index contributed by atoms with van der Waals surface area (Å²) in [6.07, 6.45) is 1.82. The minimum absolute atomic E-state index is 0.197. The average Bonchev–Trinajstić information content (AvgIpc) is 3.04. The van der Waals surface area contributed by atoms with Crippen molar-refractivity contribution in [3.63, 3.8) is 0 Å². The first-order chi connectivity index (χ1) is 10.4. The van der Waals surface area contributed by atoms with E-state index in [-0.39, 0.29) is 6.17 Å². The number of rotatable bonds is 2. The third-order valence-corrected chi connectivity index (χ3v) is 4.69. The Hall–Kier alpha value is -1.35. The zero-order valence-electron chi connectivity index (χ0n) is 11.6. The molecule has 2 fully saturated rings. The fraction of sp³-hybridized carbons (Fsp3) is 0.615. The summed E-state index contributed by atoms with van der Waals surface area (Å²) >= 11 is 1.55. The molecule has 0 N–H and O–H groups in total. The summed E-state index contributed by atoms with van der Waals surface area (Å²) in [4.78, 5) is 18.9. The van der Waals surface area contributed by atoms with E-state index in [0.29, 0.717) is 6.61 Å². The molecule has 21 heavy (non-hydrogen) atoms. The summed E-state index contributed by atoms with van der Waals surface area (Å²) in [6, 6.07) is 0. The molecule has 2 aromatic rings. The van der Waals surface area contributed by atoms with Crippen molar-refractivity contribution in [1.29, 1.82) is 0 Å². The molecule has 1 unspecified atom stereocenters. The Morgan fingerprint density at radius 1 is 1.05 bits per heavy atom. The second-order valence-corrected chi connectivity index (χ2v) is 5.93. The number of ether oxygens (including phenoxy) is 2. The first-order valence-electron chi connectivity index (χ1n) is 7.14. The first-order valence-corrected chi connectivity index (χ1v) is 8.02. The van der Waals surface area contributed by atoms with Crippen LogP contribution in [0.25, 0.3) is 10.3 Å². The van der Waals surface area contributed by atoms with Gasteiger partial charge in [0.05, 0.1) is 31.9 Å². The Bertz CT molecular complexity index is 615. The van der Waals surface area contributed by atoms with Gasteiger partial charge in [0.25, 0.3) is 0 Å². The highest BCUT2D eigenvalue weighted by atomic mass is 32.1. The van der Waals surface area contributed by atoms with Gasteiger partial charge in [-0.05, 0) is 0 Å². The molecule has 7 nitrogen and oxygen atoms in total. The molecule has 0 radical (unpaired) electrons. The van der Waals surface area contributed by atoms with Gasteiger partial charge in [-0.15, -0.1) is 11.3 Å². The van der Waals surface area contributed by atoms with Gasteiger partial charge >= 0.3 is 0 Å². The lowest BCUT2D eigenvalue weighted by atomic mass is 10.2. The molecule has 4 rings (SSSR count). The predicted octanol–water partition coefficient (Wildman–Crippen LogP) is 0.581. The first kappa shape index (κ1) is 13.3. The van der Waals surface area contributed by atoms with Crippen LogP contribution >= 0.6 is 11.3 Å². The van der Waals surface area contributed by atoms with Gasteiger partial charge in [0.2, 0.25) is 0 Å². The molecule has 0 bridgehead atoms. The summed E-state index contributed by atoms with van der Waals surface area (Å²) in [5, 5.41) is 0. The van der Waals surface area contributed by atoms with Crippen LogP contribution < -0.4 is 4.90 Å². The number of nitrogens with zero attached hydrogens (tertiary/aromatic N) is 5. The Morgan fingerprint density at radius 3 is 2.81 bits per heavy atom. The summed E-state index contributed by atoms with van der Waals surface area (Å²) in [5.41, 5.74) is 2.72. The van der Waals surface area contributed by atoms with Crippen LogP contribution in [0.1, 0.15) is 0 Å². The van der Waals surface area contributed by atoms with Gasteiger partial charge in [-0.1, -0.05) is 0 Å². The van der Waals surface area contributed by atoms with Crippen LogP contribution in [0.3, 0.4) is 0 Å². The third-order valence-electron chi connectivity index (χ3n) is 3.96. The number of hydrogen-bond donors (Lipinski definition) is 0. The van der Waals surface area contributed by atoms with Gasteiger partial charge in [0.15, 0.2) is 5.82 Å². The molecule has 2 aromatic heterocycles. The molecule has 0 saturated carbocycles. The molecule has 0 aliphatic carbocycles. The average molecular weight is 307 g/mol. The second-order valence-electron chi connectivity index (χ2n) is 5.10. The van der Waals surface area contributed by atoms with E-state index in [1.165, 1.54) is 0 Å². The fourth-order valence-corrected chi connectivity index (χ4v) is 3.53. The molecule has 4 heterocycles. The van der Waals surface area contributed by atoms with E-state index in [0.717, 1.165) is 55.6 Å². The van der Waals surface area contributed by atoms with Crippen molar-refractivity contribution in [3.8, 4) is 0 Å². The van der Waals surface area contributed by atoms with Crippen LogP contribution in [0.2, 0.25) is 0 Å². The quantitative estimate of drug-likeness (QED) is 0.804. The molecule has 0 aromatic carbocycles. The summed E-state index contributed by atoms with van der Waals surface area (Å²) < 4.78 is 11.1. The minimum Gasteiger partial charge on any atom is -0.379 e. The van der Waals surface area contributed by atoms with Gasteiger partial charge in [0, 0.05) is 19.6 Å². The van der Waals surface area contributed by atoms with Crippen molar-refractivity contribution in [2.45, 2.75) is 6.17 Å². The molecule has 8 heteroatoms. The maximum absolute atomic E-state index is 5.70. The standard InChI is InChI=1S/C13H17N5O2S/c1-4-19-5-2-17(1)10-7-20-6-3-18(10)12-11-13(15-8-14-12)21-9-16-11/h8-10H,1-7H2. The maximum Gasteiger partial charge on any atom is 0.160 e. The summed E-state index contributed by atoms with van der Waals surface area (Å²) in [6.45, 7) is 5.64. The highest BCUT2D eigenvalue weighted by Crippen LogP contribution is 2.27. The molecule has 2 aliphatic heterocycles. The maximum atomic E-state index is 5.70. The van der Waals surface area contributed by atoms with Crippen LogP contribution in [0.4, 0.5) is 5.82 Å². The van der Waals surface area contributed by atoms with Crippen LogP contribution in [-0.4, -0.2) is 72.1 Å². The van der Waals surface area contributed by atoms with Crippen molar-refractivity contribution >= 4 is 27.5 Å². The molecule has 0 spiro atoms. The Balaban J connectivity index is 1.68. The van der Waals surface area contributed by atoms with Gasteiger partial charge in [-0.25, -0.2) is 15.0 Å². The lowest BCUT2D eigenvalue weighted by Crippen LogP contribution is -2.58. The van der Waals surface area contributed by atoms with E-state index in [2.05, 4.69) is 24.8 Å². The topological polar surface area (TPSA) is 63.6 Å². The lowest BCUT2D eigenvalue weighted by molar-refractivity contribution is -0.0253. The SMILES string of the molecule is c1nc(N2CCOCC2N2CCOCC2)c2ncsc2n1. The van der Waals surface area contributed by atoms with Crippen molar-refractivity contribution in [2.24, 2.45) is 0 Å². The van der Waals surface area contributed by atoms with E-state index < -0.39 is 0 Å². The van der Waals surface area contributed by atoms with E-state index >= 15 is 0 Å². The number of aromatic nitrogens is 3. The van der Waals surface area contributed by atoms with Crippen molar-refractivity contribution in [2.75, 3.05) is 51.0 Å². The zero-order chi connectivity index (χ0) is 14.1. The summed E-state index contributed by atoms with van der Waals surface area (Å²) in [5.74, 6) is 0.918. The van der Waals surface area contributed by atoms with Crippen LogP contribution in [0.5, 0.6) is 0 Å². The van der Waals surface area contributed by atoms with Gasteiger partial charge in [-0.2, -0.15) is 0 Å². The van der Waals surface area contributed by atoms with Crippen LogP contribution in [-0.2, 0) is 9.47 Å². The van der Waals surface area contributed by atoms with Gasteiger partial charge in [0.1, 0.15) is 22.8 Å². The van der Waals surface area contributed by atoms with E-state index in [1.807, 2.05) is 5.51 Å². The van der Waals surface area contributed by atoms with E-state index in [4.69, 9.17) is 9.47 Å². The fourth-order valence-electron chi connectivity index (χ4n) is 2.91. The second kappa shape index (κ2) is 5.80. The molecule has 2 saturated heterocycles. The van der Waals surface area contributed by atoms with Gasteiger partial charge in [-0.3, -0.25) is 4.90 Å². The van der Waals surface area contributed by atoms with Gasteiger partial charge < -0.3 is 14.4 Å². The Kier molecular flexibility index (Phi) is 3.68. The lowest BCUT2D eigenvalue weighted by Gasteiger charge is -2.44. The predicted molar refractivity (Wildman–Crippen MR) is 79.6 cm³/mol. The molecular weight excluding hydrogens is 290 g/mol. The van der Waals surface area contributed by atoms with Crippen molar-refractivity contribution in [3.05, 3.63) is 11.8 Å². The number of fused-ring (bicyclic) bond motifs is 1. The molecular formula is C13H17N5O2S. The largest absolute Gasteiger partial charge is 0.379 e. The van der Waals surface area contributed by atoms with E-state index in [9.17, 15) is 0 Å². The molecule has 112 valence electrons. The zero-order valence-corrected chi connectivity index (χ0v) is 12.5. The van der Waals surface area contributed by atoms with E-state index in [1.54, 1.807) is 17.7 Å². The van der Waals surface area contributed by atoms with Crippen LogP contribution in [0, 0.1) is 0 Å². The normalized spacial score (nSPS) is 24.6. The van der Waals surface area contributed by atoms with Crippen molar-refractivity contribution < 1.29 is 9.47 Å². The van der Waals surface area contributed by atoms with Crippen molar-refractivity contribution in [1.82, 2.24) is 19.9 Å². The smallest absolute Gasteiger partial charge is 0.160 e. The Labute approximate surface area is 126 Å². The monoisotopic (exact) mass is 307 g/mol. The number of thiazole rings is 1. The third kappa shape index (κ3) is 2.48. The minimum atomic E-state index is 0.197. The summed E-state index contributed by atoms with van der Waals surface area (Å²) in [7, 11) is 0. The Morgan fingerprint density at radius 2 is 1.90 bits per heavy atom. The highest BCUT2D eigenvalue weighted by molar-refractivity contribution is 7.16. The number of hydrogen-bond acceptors (Lipinski definition) is 8. The number of morpholine rings is 2. The highest BCUT2D eigenvalue weighted by Gasteiger charge is 2.32. The molecule has 0 amide bonds.